The van der Waals surface area contributed by atoms with Crippen LogP contribution in [0.5, 0.6) is 0 Å². The highest BCUT2D eigenvalue weighted by molar-refractivity contribution is 5.84. The largest absolute Gasteiger partial charge is 0.396 e. The van der Waals surface area contributed by atoms with E-state index in [1.807, 2.05) is 6.08 Å². The number of anilines is 1. The van der Waals surface area contributed by atoms with E-state index in [1.54, 1.807) is 6.20 Å². The van der Waals surface area contributed by atoms with Gasteiger partial charge < -0.3 is 11.1 Å². The second-order valence-corrected chi connectivity index (χ2v) is 5.16. The van der Waals surface area contributed by atoms with Crippen molar-refractivity contribution < 1.29 is 4.79 Å². The lowest BCUT2D eigenvalue weighted by Gasteiger charge is -2.21. The number of nitrogens with two attached hydrogens (primary N) is 1. The molecular weight excluding hydrogens is 252 g/mol. The Morgan fingerprint density at radius 3 is 3.00 bits per heavy atom. The maximum atomic E-state index is 11.9. The number of nitrogens with zero attached hydrogens (tertiary/aromatic N) is 2. The summed E-state index contributed by atoms with van der Waals surface area (Å²) >= 11 is 0. The van der Waals surface area contributed by atoms with Crippen molar-refractivity contribution in [2.45, 2.75) is 31.6 Å². The van der Waals surface area contributed by atoms with Crippen molar-refractivity contribution in [2.24, 2.45) is 0 Å². The summed E-state index contributed by atoms with van der Waals surface area (Å²) < 4.78 is 0. The maximum Gasteiger partial charge on any atom is 0.230 e. The monoisotopic (exact) mass is 270 g/mol. The molecule has 2 aliphatic rings. The number of allylic oxidation sites excluding steroid dienone is 4. The third-order valence-corrected chi connectivity index (χ3v) is 3.70. The van der Waals surface area contributed by atoms with Crippen LogP contribution in [0.15, 0.2) is 24.4 Å². The molecule has 20 heavy (non-hydrogen) atoms. The molecule has 3 N–H and O–H groups in total. The van der Waals surface area contributed by atoms with Crippen molar-refractivity contribution in [1.29, 1.82) is 0 Å². The number of carbonyl (C=O) groups excluding carboxylic acids is 1. The van der Waals surface area contributed by atoms with E-state index in [0.717, 1.165) is 43.5 Å². The van der Waals surface area contributed by atoms with Gasteiger partial charge >= 0.3 is 0 Å². The van der Waals surface area contributed by atoms with Crippen molar-refractivity contribution in [3.8, 4) is 0 Å². The molecule has 0 bridgehead atoms. The lowest BCUT2D eigenvalue weighted by atomic mass is 9.97. The smallest absolute Gasteiger partial charge is 0.230 e. The Morgan fingerprint density at radius 1 is 1.35 bits per heavy atom. The van der Waals surface area contributed by atoms with Gasteiger partial charge in [0.15, 0.2) is 0 Å². The van der Waals surface area contributed by atoms with Crippen LogP contribution < -0.4 is 11.1 Å². The first-order valence-electron chi connectivity index (χ1n) is 7.03. The molecule has 5 nitrogen and oxygen atoms in total. The molecule has 1 saturated heterocycles. The molecule has 0 saturated carbocycles. The minimum Gasteiger partial charge on any atom is -0.396 e. The third-order valence-electron chi connectivity index (χ3n) is 3.70. The highest BCUT2D eigenvalue weighted by Gasteiger charge is 2.27. The summed E-state index contributed by atoms with van der Waals surface area (Å²) in [5.41, 5.74) is 8.30. The number of amides is 1. The van der Waals surface area contributed by atoms with Crippen LogP contribution in [0.1, 0.15) is 43.1 Å². The van der Waals surface area contributed by atoms with Crippen LogP contribution in [0.25, 0.3) is 5.57 Å². The summed E-state index contributed by atoms with van der Waals surface area (Å²) in [7, 11) is 0. The first-order valence-corrected chi connectivity index (χ1v) is 7.03. The highest BCUT2D eigenvalue weighted by atomic mass is 16.1. The van der Waals surface area contributed by atoms with E-state index < -0.39 is 0 Å². The lowest BCUT2D eigenvalue weighted by molar-refractivity contribution is -0.124. The minimum atomic E-state index is -0.253. The molecule has 1 aliphatic carbocycles. The van der Waals surface area contributed by atoms with Gasteiger partial charge in [0, 0.05) is 6.54 Å². The number of hydrogen-bond donors (Lipinski definition) is 2. The molecule has 0 spiro atoms. The summed E-state index contributed by atoms with van der Waals surface area (Å²) in [6.07, 6.45) is 11.7. The maximum absolute atomic E-state index is 11.9. The number of carbonyl (C=O) groups is 1. The summed E-state index contributed by atoms with van der Waals surface area (Å²) in [4.78, 5) is 20.7. The van der Waals surface area contributed by atoms with Gasteiger partial charge in [-0.2, -0.15) is 0 Å². The van der Waals surface area contributed by atoms with Crippen molar-refractivity contribution in [3.05, 3.63) is 35.9 Å². The van der Waals surface area contributed by atoms with Gasteiger partial charge in [0.2, 0.25) is 5.91 Å². The predicted molar refractivity (Wildman–Crippen MR) is 77.8 cm³/mol. The molecule has 2 heterocycles. The lowest BCUT2D eigenvalue weighted by Crippen LogP contribution is -2.36. The molecule has 1 unspecified atom stereocenters. The molecule has 1 fully saturated rings. The molecule has 1 aromatic heterocycles. The van der Waals surface area contributed by atoms with Crippen LogP contribution >= 0.6 is 0 Å². The van der Waals surface area contributed by atoms with Gasteiger partial charge in [-0.1, -0.05) is 18.2 Å². The molecule has 0 aromatic carbocycles. The molecule has 0 radical (unpaired) electrons. The fourth-order valence-corrected chi connectivity index (χ4v) is 2.61. The number of aromatic nitrogens is 2. The number of nitrogen functional groups attached to an aromatic ring is 1. The van der Waals surface area contributed by atoms with Crippen LogP contribution in [-0.2, 0) is 4.79 Å². The quantitative estimate of drug-likeness (QED) is 0.858. The average Bonchev–Trinajstić information content (AvgIpc) is 2.49. The summed E-state index contributed by atoms with van der Waals surface area (Å²) in [5, 5.41) is 2.87. The van der Waals surface area contributed by atoms with Crippen LogP contribution in [0, 0.1) is 0 Å². The molecule has 3 rings (SSSR count). The Balaban J connectivity index is 1.95. The summed E-state index contributed by atoms with van der Waals surface area (Å²) in [6.45, 7) is 0.741. The van der Waals surface area contributed by atoms with Crippen molar-refractivity contribution in [3.63, 3.8) is 0 Å². The van der Waals surface area contributed by atoms with E-state index in [2.05, 4.69) is 27.4 Å². The Labute approximate surface area is 118 Å². The average molecular weight is 270 g/mol. The first kappa shape index (κ1) is 12.8. The SMILES string of the molecule is Nc1cnc(C2CCCNC2=O)nc1C1=CCCC=C1. The van der Waals surface area contributed by atoms with Gasteiger partial charge in [0.25, 0.3) is 0 Å². The van der Waals surface area contributed by atoms with Crippen molar-refractivity contribution >= 4 is 17.2 Å². The first-order chi connectivity index (χ1) is 9.75. The Morgan fingerprint density at radius 2 is 2.25 bits per heavy atom. The van der Waals surface area contributed by atoms with E-state index in [0.29, 0.717) is 11.5 Å². The van der Waals surface area contributed by atoms with Crippen LogP contribution in [0.2, 0.25) is 0 Å². The minimum absolute atomic E-state index is 0.0140. The third kappa shape index (κ3) is 2.43. The zero-order valence-electron chi connectivity index (χ0n) is 11.3. The van der Waals surface area contributed by atoms with Gasteiger partial charge in [-0.05, 0) is 31.3 Å². The van der Waals surface area contributed by atoms with E-state index in [1.165, 1.54) is 0 Å². The molecule has 5 heteroatoms. The fraction of sp³-hybridized carbons (Fsp3) is 0.400. The zero-order chi connectivity index (χ0) is 13.9. The van der Waals surface area contributed by atoms with Crippen molar-refractivity contribution in [2.75, 3.05) is 12.3 Å². The molecule has 1 amide bonds. The number of rotatable bonds is 2. The Kier molecular flexibility index (Phi) is 3.50. The van der Waals surface area contributed by atoms with Gasteiger partial charge in [-0.25, -0.2) is 9.97 Å². The topological polar surface area (TPSA) is 80.9 Å². The number of nitrogens with one attached hydrogen (secondary N) is 1. The molecular formula is C15H18N4O. The Bertz CT molecular complexity index is 592. The van der Waals surface area contributed by atoms with Gasteiger partial charge in [-0.15, -0.1) is 0 Å². The second kappa shape index (κ2) is 5.45. The Hall–Kier alpha value is -2.17. The molecule has 1 atom stereocenters. The zero-order valence-corrected chi connectivity index (χ0v) is 11.3. The van der Waals surface area contributed by atoms with Gasteiger partial charge in [0.05, 0.1) is 23.5 Å². The number of hydrogen-bond acceptors (Lipinski definition) is 4. The fourth-order valence-electron chi connectivity index (χ4n) is 2.61. The van der Waals surface area contributed by atoms with E-state index >= 15 is 0 Å². The summed E-state index contributed by atoms with van der Waals surface area (Å²) in [5.74, 6) is 0.336. The molecule has 1 aliphatic heterocycles. The molecule has 1 aromatic rings. The standard InChI is InChI=1S/C15H18N4O/c16-12-9-18-14(11-7-4-8-17-15(11)20)19-13(12)10-5-2-1-3-6-10/h2,5-6,9,11H,1,3-4,7-8,16H2,(H,17,20). The second-order valence-electron chi connectivity index (χ2n) is 5.16. The van der Waals surface area contributed by atoms with Gasteiger partial charge in [0.1, 0.15) is 5.82 Å². The van der Waals surface area contributed by atoms with Crippen molar-refractivity contribution in [1.82, 2.24) is 15.3 Å². The summed E-state index contributed by atoms with van der Waals surface area (Å²) in [6, 6.07) is 0. The molecule has 104 valence electrons. The van der Waals surface area contributed by atoms with E-state index in [-0.39, 0.29) is 11.8 Å². The predicted octanol–water partition coefficient (Wildman–Crippen LogP) is 1.79. The number of piperidine rings is 1. The van der Waals surface area contributed by atoms with E-state index in [4.69, 9.17) is 5.73 Å². The van der Waals surface area contributed by atoms with Gasteiger partial charge in [-0.3, -0.25) is 4.79 Å². The van der Waals surface area contributed by atoms with Crippen LogP contribution in [0.3, 0.4) is 0 Å². The normalized spacial score (nSPS) is 22.3. The highest BCUT2D eigenvalue weighted by Crippen LogP contribution is 2.27. The van der Waals surface area contributed by atoms with Crippen LogP contribution in [-0.4, -0.2) is 22.4 Å². The van der Waals surface area contributed by atoms with Crippen LogP contribution in [0.4, 0.5) is 5.69 Å². The van der Waals surface area contributed by atoms with E-state index in [9.17, 15) is 4.79 Å².